The third kappa shape index (κ3) is 4.88. The molecule has 0 aromatic heterocycles. The maximum Gasteiger partial charge on any atom is 0.417 e. The van der Waals surface area contributed by atoms with Gasteiger partial charge in [0.1, 0.15) is 5.75 Å². The average molecular weight is 399 g/mol. The van der Waals surface area contributed by atoms with Crippen molar-refractivity contribution in [1.29, 1.82) is 0 Å². The van der Waals surface area contributed by atoms with E-state index >= 15 is 0 Å². The van der Waals surface area contributed by atoms with Crippen molar-refractivity contribution in [2.24, 2.45) is 10.3 Å². The summed E-state index contributed by atoms with van der Waals surface area (Å²) in [5.74, 6) is -0.153. The largest absolute Gasteiger partial charge is 0.484 e. The molecule has 0 fully saturated rings. The van der Waals surface area contributed by atoms with E-state index in [1.54, 1.807) is 29.3 Å². The molecule has 0 radical (unpaired) electrons. The van der Waals surface area contributed by atoms with Gasteiger partial charge in [0, 0.05) is 5.69 Å². The lowest BCUT2D eigenvalue weighted by Crippen LogP contribution is -2.20. The van der Waals surface area contributed by atoms with E-state index < -0.39 is 22.7 Å². The molecule has 142 valence electrons. The number of benzene rings is 2. The molecular weight excluding hydrogens is 385 g/mol. The molecule has 27 heavy (non-hydrogen) atoms. The summed E-state index contributed by atoms with van der Waals surface area (Å²) >= 11 is 5.55. The molecule has 0 aliphatic carbocycles. The highest BCUT2D eigenvalue weighted by Gasteiger charge is 2.33. The predicted octanol–water partition coefficient (Wildman–Crippen LogP) is 4.56. The second-order valence-corrected chi connectivity index (χ2v) is 6.01. The number of carbonyl (C=O) groups is 1. The van der Waals surface area contributed by atoms with Gasteiger partial charge < -0.3 is 10.1 Å². The van der Waals surface area contributed by atoms with Crippen LogP contribution in [0.4, 0.5) is 24.5 Å². The fourth-order valence-corrected chi connectivity index (χ4v) is 2.59. The number of rotatable bonds is 5. The van der Waals surface area contributed by atoms with E-state index in [1.165, 1.54) is 6.07 Å². The maximum atomic E-state index is 12.8. The van der Waals surface area contributed by atoms with Crippen molar-refractivity contribution in [3.8, 4) is 5.75 Å². The van der Waals surface area contributed by atoms with E-state index in [-0.39, 0.29) is 12.3 Å². The molecule has 3 rings (SSSR count). The molecule has 1 aliphatic rings. The first-order valence-corrected chi connectivity index (χ1v) is 8.25. The van der Waals surface area contributed by atoms with Gasteiger partial charge in [-0.05, 0) is 42.5 Å². The van der Waals surface area contributed by atoms with Gasteiger partial charge in [0.25, 0.3) is 5.91 Å². The van der Waals surface area contributed by atoms with Crippen molar-refractivity contribution in [3.05, 3.63) is 53.1 Å². The van der Waals surface area contributed by atoms with E-state index in [1.807, 2.05) is 0 Å². The molecule has 0 bridgehead atoms. The Bertz CT molecular complexity index is 856. The summed E-state index contributed by atoms with van der Waals surface area (Å²) in [6.45, 7) is 0.982. The van der Waals surface area contributed by atoms with Gasteiger partial charge in [-0.3, -0.25) is 4.79 Å². The van der Waals surface area contributed by atoms with Crippen LogP contribution in [-0.4, -0.2) is 25.6 Å². The minimum absolute atomic E-state index is 0.0185. The van der Waals surface area contributed by atoms with Crippen LogP contribution in [0.2, 0.25) is 5.02 Å². The molecule has 1 amide bonds. The number of ether oxygens (including phenoxy) is 1. The third-order valence-electron chi connectivity index (χ3n) is 3.64. The zero-order chi connectivity index (χ0) is 19.4. The van der Waals surface area contributed by atoms with Gasteiger partial charge >= 0.3 is 6.18 Å². The minimum atomic E-state index is -4.61. The third-order valence-corrected chi connectivity index (χ3v) is 3.97. The Morgan fingerprint density at radius 3 is 2.59 bits per heavy atom. The molecule has 2 aromatic carbocycles. The molecule has 0 spiro atoms. The SMILES string of the molecule is O=C(COc1ccc(N2CCN=N2)cc1)Nc1ccc(Cl)c(C(F)(F)F)c1. The topological polar surface area (TPSA) is 66.3 Å². The molecule has 1 N–H and O–H groups in total. The Hall–Kier alpha value is -2.81. The summed E-state index contributed by atoms with van der Waals surface area (Å²) in [5.41, 5.74) is -0.193. The highest BCUT2D eigenvalue weighted by atomic mass is 35.5. The van der Waals surface area contributed by atoms with Gasteiger partial charge in [0.05, 0.1) is 29.4 Å². The van der Waals surface area contributed by atoms with Gasteiger partial charge in [-0.2, -0.15) is 18.3 Å². The van der Waals surface area contributed by atoms with Crippen LogP contribution in [0.5, 0.6) is 5.75 Å². The first-order valence-electron chi connectivity index (χ1n) is 7.87. The number of alkyl halides is 3. The summed E-state index contributed by atoms with van der Waals surface area (Å²) in [6, 6.07) is 10.0. The van der Waals surface area contributed by atoms with Crippen molar-refractivity contribution in [3.63, 3.8) is 0 Å². The van der Waals surface area contributed by atoms with E-state index in [9.17, 15) is 18.0 Å². The van der Waals surface area contributed by atoms with Crippen LogP contribution in [0.25, 0.3) is 0 Å². The normalized spacial score (nSPS) is 13.7. The van der Waals surface area contributed by atoms with Crippen molar-refractivity contribution < 1.29 is 22.7 Å². The quantitative estimate of drug-likeness (QED) is 0.802. The van der Waals surface area contributed by atoms with Crippen LogP contribution >= 0.6 is 11.6 Å². The maximum absolute atomic E-state index is 12.8. The van der Waals surface area contributed by atoms with E-state index in [0.717, 1.165) is 17.8 Å². The lowest BCUT2D eigenvalue weighted by atomic mass is 10.2. The molecule has 10 heteroatoms. The summed E-state index contributed by atoms with van der Waals surface area (Å²) < 4.78 is 43.9. The number of nitrogens with one attached hydrogen (secondary N) is 1. The van der Waals surface area contributed by atoms with Crippen molar-refractivity contribution in [1.82, 2.24) is 0 Å². The summed E-state index contributed by atoms with van der Waals surface area (Å²) in [5, 5.41) is 11.5. The lowest BCUT2D eigenvalue weighted by Gasteiger charge is -2.13. The molecule has 0 saturated heterocycles. The minimum Gasteiger partial charge on any atom is -0.484 e. The van der Waals surface area contributed by atoms with Gasteiger partial charge in [-0.25, -0.2) is 5.01 Å². The Labute approximate surface area is 157 Å². The molecule has 1 heterocycles. The second kappa shape index (κ2) is 7.83. The van der Waals surface area contributed by atoms with Crippen LogP contribution < -0.4 is 15.1 Å². The summed E-state index contributed by atoms with van der Waals surface area (Å²) in [7, 11) is 0. The van der Waals surface area contributed by atoms with Gasteiger partial charge in [-0.1, -0.05) is 16.8 Å². The average Bonchev–Trinajstić information content (AvgIpc) is 3.16. The number of hydrogen-bond donors (Lipinski definition) is 1. The number of hydrogen-bond acceptors (Lipinski definition) is 5. The van der Waals surface area contributed by atoms with E-state index in [4.69, 9.17) is 16.3 Å². The molecule has 2 aromatic rings. The smallest absolute Gasteiger partial charge is 0.417 e. The van der Waals surface area contributed by atoms with Crippen LogP contribution in [0.3, 0.4) is 0 Å². The number of anilines is 2. The number of amides is 1. The van der Waals surface area contributed by atoms with Crippen molar-refractivity contribution in [2.75, 3.05) is 30.0 Å². The van der Waals surface area contributed by atoms with Gasteiger partial charge in [0.2, 0.25) is 0 Å². The van der Waals surface area contributed by atoms with E-state index in [2.05, 4.69) is 15.7 Å². The Morgan fingerprint density at radius 2 is 1.96 bits per heavy atom. The molecular formula is C17H14ClF3N4O2. The first kappa shape index (κ1) is 19.0. The number of halogens is 4. The summed E-state index contributed by atoms with van der Waals surface area (Å²) in [6.07, 6.45) is -4.61. The van der Waals surface area contributed by atoms with Crippen molar-refractivity contribution in [2.45, 2.75) is 6.18 Å². The Balaban J connectivity index is 1.56. The van der Waals surface area contributed by atoms with Gasteiger partial charge in [0.15, 0.2) is 6.61 Å². The van der Waals surface area contributed by atoms with Crippen LogP contribution in [0, 0.1) is 0 Å². The number of carbonyl (C=O) groups excluding carboxylic acids is 1. The van der Waals surface area contributed by atoms with E-state index in [0.29, 0.717) is 18.8 Å². The Kier molecular flexibility index (Phi) is 5.50. The number of nitrogens with zero attached hydrogens (tertiary/aromatic N) is 3. The zero-order valence-corrected chi connectivity index (χ0v) is 14.6. The molecule has 6 nitrogen and oxygen atoms in total. The van der Waals surface area contributed by atoms with Crippen LogP contribution in [-0.2, 0) is 11.0 Å². The van der Waals surface area contributed by atoms with Crippen molar-refractivity contribution >= 4 is 28.9 Å². The zero-order valence-electron chi connectivity index (χ0n) is 13.8. The second-order valence-electron chi connectivity index (χ2n) is 5.60. The monoisotopic (exact) mass is 398 g/mol. The fourth-order valence-electron chi connectivity index (χ4n) is 2.37. The lowest BCUT2D eigenvalue weighted by molar-refractivity contribution is -0.137. The summed E-state index contributed by atoms with van der Waals surface area (Å²) in [4.78, 5) is 11.9. The highest BCUT2D eigenvalue weighted by Crippen LogP contribution is 2.36. The molecule has 0 atom stereocenters. The molecule has 0 saturated carbocycles. The van der Waals surface area contributed by atoms with Gasteiger partial charge in [-0.15, -0.1) is 0 Å². The standard InChI is InChI=1S/C17H14ClF3N4O2/c18-15-6-1-11(9-14(15)17(19,20)21)23-16(26)10-27-13-4-2-12(3-5-13)25-8-7-22-24-25/h1-6,9H,7-8,10H2,(H,23,26). The predicted molar refractivity (Wildman–Crippen MR) is 94.1 cm³/mol. The molecule has 1 aliphatic heterocycles. The first-order chi connectivity index (χ1) is 12.8. The Morgan fingerprint density at radius 1 is 1.22 bits per heavy atom. The highest BCUT2D eigenvalue weighted by molar-refractivity contribution is 6.31. The fraction of sp³-hybridized carbons (Fsp3) is 0.235. The molecule has 0 unspecified atom stereocenters. The van der Waals surface area contributed by atoms with Crippen LogP contribution in [0.1, 0.15) is 5.56 Å². The van der Waals surface area contributed by atoms with Crippen LogP contribution in [0.15, 0.2) is 52.8 Å².